The summed E-state index contributed by atoms with van der Waals surface area (Å²) in [6, 6.07) is 16.0. The molecule has 1 aliphatic carbocycles. The highest BCUT2D eigenvalue weighted by atomic mass is 16.5. The smallest absolute Gasteiger partial charge is 0.238 e. The lowest BCUT2D eigenvalue weighted by Crippen LogP contribution is -2.34. The minimum absolute atomic E-state index is 0.00886. The summed E-state index contributed by atoms with van der Waals surface area (Å²) < 4.78 is 10.6. The van der Waals surface area contributed by atoms with Crippen LogP contribution in [0.15, 0.2) is 48.5 Å². The van der Waals surface area contributed by atoms with Crippen molar-refractivity contribution in [2.24, 2.45) is 0 Å². The Bertz CT molecular complexity index is 709. The molecule has 2 aromatic carbocycles. The van der Waals surface area contributed by atoms with Crippen LogP contribution in [0.3, 0.4) is 0 Å². The van der Waals surface area contributed by atoms with E-state index in [0.717, 1.165) is 36.6 Å². The van der Waals surface area contributed by atoms with Crippen molar-refractivity contribution in [3.8, 4) is 11.5 Å². The molecule has 1 fully saturated rings. The van der Waals surface area contributed by atoms with Crippen molar-refractivity contribution in [1.82, 2.24) is 4.90 Å². The quantitative estimate of drug-likeness (QED) is 0.746. The van der Waals surface area contributed by atoms with E-state index in [1.807, 2.05) is 43.3 Å². The van der Waals surface area contributed by atoms with E-state index in [9.17, 15) is 4.79 Å². The number of nitrogens with zero attached hydrogens (tertiary/aromatic N) is 1. The third kappa shape index (κ3) is 5.23. The van der Waals surface area contributed by atoms with Crippen LogP contribution in [-0.2, 0) is 11.3 Å². The first-order valence-corrected chi connectivity index (χ1v) is 9.07. The molecule has 0 radical (unpaired) electrons. The predicted molar refractivity (Wildman–Crippen MR) is 103 cm³/mol. The Morgan fingerprint density at radius 2 is 1.73 bits per heavy atom. The van der Waals surface area contributed by atoms with Gasteiger partial charge in [0.05, 0.1) is 20.3 Å². The van der Waals surface area contributed by atoms with Crippen molar-refractivity contribution in [3.05, 3.63) is 54.1 Å². The minimum atomic E-state index is 0.00886. The van der Waals surface area contributed by atoms with Gasteiger partial charge in [0.25, 0.3) is 0 Å². The van der Waals surface area contributed by atoms with E-state index < -0.39 is 0 Å². The van der Waals surface area contributed by atoms with Crippen LogP contribution in [-0.4, -0.2) is 37.1 Å². The number of ether oxygens (including phenoxy) is 2. The van der Waals surface area contributed by atoms with Gasteiger partial charge in [-0.15, -0.1) is 0 Å². The third-order valence-electron chi connectivity index (χ3n) is 4.40. The summed E-state index contributed by atoms with van der Waals surface area (Å²) in [5, 5.41) is 2.97. The molecule has 1 aliphatic rings. The van der Waals surface area contributed by atoms with E-state index in [1.54, 1.807) is 7.11 Å². The normalized spacial score (nSPS) is 13.5. The molecule has 3 rings (SSSR count). The summed E-state index contributed by atoms with van der Waals surface area (Å²) in [6.07, 6.45) is 2.32. The van der Waals surface area contributed by atoms with Crippen molar-refractivity contribution in [3.63, 3.8) is 0 Å². The second-order valence-corrected chi connectivity index (χ2v) is 6.49. The van der Waals surface area contributed by atoms with Gasteiger partial charge < -0.3 is 14.8 Å². The molecule has 0 atom stereocenters. The fourth-order valence-electron chi connectivity index (χ4n) is 2.91. The second-order valence-electron chi connectivity index (χ2n) is 6.49. The van der Waals surface area contributed by atoms with E-state index in [4.69, 9.17) is 9.47 Å². The van der Waals surface area contributed by atoms with E-state index in [1.165, 1.54) is 5.56 Å². The Kier molecular flexibility index (Phi) is 6.12. The number of hydrogen-bond acceptors (Lipinski definition) is 4. The Balaban J connectivity index is 1.56. The lowest BCUT2D eigenvalue weighted by atomic mass is 10.2. The van der Waals surface area contributed by atoms with Gasteiger partial charge in [-0.1, -0.05) is 12.1 Å². The van der Waals surface area contributed by atoms with E-state index in [-0.39, 0.29) is 5.91 Å². The van der Waals surface area contributed by atoms with Crippen LogP contribution < -0.4 is 14.8 Å². The van der Waals surface area contributed by atoms with Crippen molar-refractivity contribution in [2.45, 2.75) is 32.4 Å². The SMILES string of the molecule is CCOc1ccc(NC(=O)CN(Cc2ccc(OC)cc2)C2CC2)cc1. The zero-order chi connectivity index (χ0) is 18.4. The minimum Gasteiger partial charge on any atom is -0.497 e. The maximum absolute atomic E-state index is 12.5. The predicted octanol–water partition coefficient (Wildman–Crippen LogP) is 3.70. The molecule has 26 heavy (non-hydrogen) atoms. The number of carbonyl (C=O) groups is 1. The van der Waals surface area contributed by atoms with Gasteiger partial charge in [0.1, 0.15) is 11.5 Å². The molecule has 0 bridgehead atoms. The Hall–Kier alpha value is -2.53. The van der Waals surface area contributed by atoms with Crippen LogP contribution in [0.2, 0.25) is 0 Å². The first kappa shape index (κ1) is 18.3. The molecule has 0 unspecified atom stereocenters. The molecule has 0 aliphatic heterocycles. The number of amides is 1. The topological polar surface area (TPSA) is 50.8 Å². The molecule has 2 aromatic rings. The molecule has 5 nitrogen and oxygen atoms in total. The molecule has 1 amide bonds. The van der Waals surface area contributed by atoms with Crippen LogP contribution in [0.5, 0.6) is 11.5 Å². The molecule has 0 aromatic heterocycles. The van der Waals surface area contributed by atoms with Gasteiger partial charge in [0, 0.05) is 18.3 Å². The van der Waals surface area contributed by atoms with Gasteiger partial charge in [-0.25, -0.2) is 0 Å². The number of hydrogen-bond donors (Lipinski definition) is 1. The molecular weight excluding hydrogens is 328 g/mol. The molecule has 0 heterocycles. The summed E-state index contributed by atoms with van der Waals surface area (Å²) in [5.41, 5.74) is 1.98. The van der Waals surface area contributed by atoms with Crippen molar-refractivity contribution in [1.29, 1.82) is 0 Å². The summed E-state index contributed by atoms with van der Waals surface area (Å²) >= 11 is 0. The molecule has 138 valence electrons. The highest BCUT2D eigenvalue weighted by Gasteiger charge is 2.30. The zero-order valence-electron chi connectivity index (χ0n) is 15.4. The number of rotatable bonds is 9. The van der Waals surface area contributed by atoms with Crippen LogP contribution in [0.1, 0.15) is 25.3 Å². The highest BCUT2D eigenvalue weighted by Crippen LogP contribution is 2.28. The van der Waals surface area contributed by atoms with Gasteiger partial charge in [0.2, 0.25) is 5.91 Å². The Morgan fingerprint density at radius 3 is 2.31 bits per heavy atom. The van der Waals surface area contributed by atoms with Crippen molar-refractivity contribution in [2.75, 3.05) is 25.6 Å². The van der Waals surface area contributed by atoms with E-state index >= 15 is 0 Å². The number of anilines is 1. The van der Waals surface area contributed by atoms with Gasteiger partial charge in [0.15, 0.2) is 0 Å². The van der Waals surface area contributed by atoms with Crippen LogP contribution >= 0.6 is 0 Å². The zero-order valence-corrected chi connectivity index (χ0v) is 15.4. The van der Waals surface area contributed by atoms with Crippen molar-refractivity contribution >= 4 is 11.6 Å². The van der Waals surface area contributed by atoms with Gasteiger partial charge >= 0.3 is 0 Å². The monoisotopic (exact) mass is 354 g/mol. The average Bonchev–Trinajstić information content (AvgIpc) is 3.49. The highest BCUT2D eigenvalue weighted by molar-refractivity contribution is 5.92. The number of nitrogens with one attached hydrogen (secondary N) is 1. The molecule has 5 heteroatoms. The van der Waals surface area contributed by atoms with Gasteiger partial charge in [-0.3, -0.25) is 9.69 Å². The lowest BCUT2D eigenvalue weighted by molar-refractivity contribution is -0.117. The molecular formula is C21H26N2O3. The first-order chi connectivity index (χ1) is 12.7. The molecule has 0 saturated heterocycles. The van der Waals surface area contributed by atoms with E-state index in [0.29, 0.717) is 19.2 Å². The molecule has 0 spiro atoms. The van der Waals surface area contributed by atoms with Gasteiger partial charge in [-0.05, 0) is 61.7 Å². The largest absolute Gasteiger partial charge is 0.497 e. The second kappa shape index (κ2) is 8.72. The average molecular weight is 354 g/mol. The molecule has 1 saturated carbocycles. The first-order valence-electron chi connectivity index (χ1n) is 9.07. The standard InChI is InChI=1S/C21H26N2O3/c1-3-26-20-12-6-17(7-13-20)22-21(24)15-23(18-8-9-18)14-16-4-10-19(25-2)11-5-16/h4-7,10-13,18H,3,8-9,14-15H2,1-2H3,(H,22,24). The van der Waals surface area contributed by atoms with E-state index in [2.05, 4.69) is 22.3 Å². The fourth-order valence-corrected chi connectivity index (χ4v) is 2.91. The maximum Gasteiger partial charge on any atom is 0.238 e. The van der Waals surface area contributed by atoms with Gasteiger partial charge in [-0.2, -0.15) is 0 Å². The maximum atomic E-state index is 12.5. The number of carbonyl (C=O) groups excluding carboxylic acids is 1. The van der Waals surface area contributed by atoms with Crippen LogP contribution in [0, 0.1) is 0 Å². The van der Waals surface area contributed by atoms with Crippen LogP contribution in [0.4, 0.5) is 5.69 Å². The third-order valence-corrected chi connectivity index (χ3v) is 4.40. The summed E-state index contributed by atoms with van der Waals surface area (Å²) in [6.45, 7) is 3.74. The Morgan fingerprint density at radius 1 is 1.08 bits per heavy atom. The number of methoxy groups -OCH3 is 1. The Labute approximate surface area is 154 Å². The molecule has 1 N–H and O–H groups in total. The van der Waals surface area contributed by atoms with Crippen molar-refractivity contribution < 1.29 is 14.3 Å². The number of benzene rings is 2. The summed E-state index contributed by atoms with van der Waals surface area (Å²) in [4.78, 5) is 14.7. The summed E-state index contributed by atoms with van der Waals surface area (Å²) in [7, 11) is 1.66. The lowest BCUT2D eigenvalue weighted by Gasteiger charge is -2.21. The summed E-state index contributed by atoms with van der Waals surface area (Å²) in [5.74, 6) is 1.67. The van der Waals surface area contributed by atoms with Crippen LogP contribution in [0.25, 0.3) is 0 Å². The fraction of sp³-hybridized carbons (Fsp3) is 0.381.